The zero-order chi connectivity index (χ0) is 29.0. The van der Waals surface area contributed by atoms with Gasteiger partial charge in [-0.05, 0) is 44.9 Å². The van der Waals surface area contributed by atoms with Crippen LogP contribution < -0.4 is 10.1 Å². The van der Waals surface area contributed by atoms with Gasteiger partial charge in [0.05, 0.1) is 35.6 Å². The van der Waals surface area contributed by atoms with Crippen LogP contribution in [0.2, 0.25) is 0 Å². The lowest BCUT2D eigenvalue weighted by atomic mass is 9.96. The van der Waals surface area contributed by atoms with Crippen LogP contribution in [-0.4, -0.2) is 53.9 Å². The molecule has 1 saturated heterocycles. The van der Waals surface area contributed by atoms with Crippen molar-refractivity contribution in [2.45, 2.75) is 74.1 Å². The highest BCUT2D eigenvalue weighted by Gasteiger charge is 2.53. The predicted octanol–water partition coefficient (Wildman–Crippen LogP) is 5.12. The van der Waals surface area contributed by atoms with E-state index in [0.717, 1.165) is 6.07 Å². The largest absolute Gasteiger partial charge is 0.487 e. The number of nitrogens with one attached hydrogen (secondary N) is 1. The highest BCUT2D eigenvalue weighted by Crippen LogP contribution is 2.43. The number of sulfone groups is 1. The second-order valence-electron chi connectivity index (χ2n) is 10.4. The van der Waals surface area contributed by atoms with Gasteiger partial charge in [0.2, 0.25) is 0 Å². The van der Waals surface area contributed by atoms with Gasteiger partial charge >= 0.3 is 5.92 Å². The standard InChI is InChI=1S/C27H29F4N3O5S/c1-14(18-5-4-6-20(24(18)28)27(30,31)26(3,29)35)32-25-19-11-22(39-16-9-10-38-13-16)23(40(36,37)17-7-8-17)12-21(19)33-15(2)34-25/h4-6,11-12,14,16-17,35H,7-10,13H2,1-3H3,(H,32,33,34)/t14-,16+,26?/m1/s1. The summed E-state index contributed by atoms with van der Waals surface area (Å²) in [6.07, 6.45) is 1.35. The fourth-order valence-electron chi connectivity index (χ4n) is 4.68. The van der Waals surface area contributed by atoms with Gasteiger partial charge < -0.3 is 19.9 Å². The molecule has 5 rings (SSSR count). The van der Waals surface area contributed by atoms with Crippen molar-refractivity contribution < 1.29 is 40.6 Å². The minimum Gasteiger partial charge on any atom is -0.487 e. The Balaban J connectivity index is 1.57. The molecule has 1 aliphatic carbocycles. The summed E-state index contributed by atoms with van der Waals surface area (Å²) in [6, 6.07) is 5.09. The Morgan fingerprint density at radius 3 is 2.52 bits per heavy atom. The number of benzene rings is 2. The summed E-state index contributed by atoms with van der Waals surface area (Å²) in [5.41, 5.74) is -1.22. The van der Waals surface area contributed by atoms with Crippen LogP contribution in [0.25, 0.3) is 10.9 Å². The number of aromatic nitrogens is 2. The molecule has 2 aliphatic rings. The van der Waals surface area contributed by atoms with Crippen LogP contribution >= 0.6 is 0 Å². The average molecular weight is 584 g/mol. The lowest BCUT2D eigenvalue weighted by Crippen LogP contribution is -2.39. The Hall–Kier alpha value is -3.03. The number of rotatable bonds is 9. The van der Waals surface area contributed by atoms with E-state index in [4.69, 9.17) is 9.47 Å². The number of nitrogens with zero attached hydrogens (tertiary/aromatic N) is 2. The van der Waals surface area contributed by atoms with Gasteiger partial charge in [0.1, 0.15) is 34.2 Å². The number of fused-ring (bicyclic) bond motifs is 1. The minimum atomic E-state index is -4.51. The van der Waals surface area contributed by atoms with Crippen LogP contribution in [0.15, 0.2) is 35.2 Å². The first-order valence-corrected chi connectivity index (χ1v) is 14.4. The molecule has 3 atom stereocenters. The molecule has 40 heavy (non-hydrogen) atoms. The second-order valence-corrected chi connectivity index (χ2v) is 12.6. The van der Waals surface area contributed by atoms with E-state index >= 15 is 4.39 Å². The number of alkyl halides is 3. The number of hydrogen-bond donors (Lipinski definition) is 2. The monoisotopic (exact) mass is 583 g/mol. The van der Waals surface area contributed by atoms with Gasteiger partial charge in [-0.25, -0.2) is 27.2 Å². The molecule has 1 saturated carbocycles. The summed E-state index contributed by atoms with van der Waals surface area (Å²) in [4.78, 5) is 8.81. The Labute approximate surface area is 228 Å². The Kier molecular flexibility index (Phi) is 7.20. The lowest BCUT2D eigenvalue weighted by Gasteiger charge is -2.27. The molecule has 3 aromatic rings. The lowest BCUT2D eigenvalue weighted by molar-refractivity contribution is -0.249. The molecule has 0 radical (unpaired) electrons. The maximum Gasteiger partial charge on any atom is 0.333 e. The highest BCUT2D eigenvalue weighted by molar-refractivity contribution is 7.92. The third kappa shape index (κ3) is 5.21. The normalized spacial score (nSPS) is 20.4. The van der Waals surface area contributed by atoms with Crippen molar-refractivity contribution in [3.63, 3.8) is 0 Å². The van der Waals surface area contributed by atoms with Gasteiger partial charge in [-0.2, -0.15) is 8.78 Å². The first kappa shape index (κ1) is 28.5. The van der Waals surface area contributed by atoms with E-state index in [1.165, 1.54) is 25.1 Å². The van der Waals surface area contributed by atoms with E-state index in [2.05, 4.69) is 15.3 Å². The van der Waals surface area contributed by atoms with E-state index in [9.17, 15) is 26.7 Å². The van der Waals surface area contributed by atoms with E-state index in [-0.39, 0.29) is 40.9 Å². The summed E-state index contributed by atoms with van der Waals surface area (Å²) in [5.74, 6) is -9.29. The average Bonchev–Trinajstić information content (AvgIpc) is 3.61. The van der Waals surface area contributed by atoms with Crippen molar-refractivity contribution in [3.8, 4) is 5.75 Å². The number of ether oxygens (including phenoxy) is 2. The van der Waals surface area contributed by atoms with Crippen LogP contribution in [0.4, 0.5) is 23.4 Å². The molecule has 0 amide bonds. The van der Waals surface area contributed by atoms with Crippen LogP contribution in [0.1, 0.15) is 56.1 Å². The summed E-state index contributed by atoms with van der Waals surface area (Å²) in [5, 5.41) is 12.2. The van der Waals surface area contributed by atoms with Gasteiger partial charge in [-0.15, -0.1) is 0 Å². The third-order valence-corrected chi connectivity index (χ3v) is 9.37. The number of halogens is 4. The molecular weight excluding hydrogens is 554 g/mol. The number of aryl methyl sites for hydroxylation is 1. The molecular formula is C27H29F4N3O5S. The van der Waals surface area contributed by atoms with E-state index in [1.807, 2.05) is 0 Å². The molecule has 0 bridgehead atoms. The van der Waals surface area contributed by atoms with Crippen LogP contribution in [0.5, 0.6) is 5.75 Å². The molecule has 2 N–H and O–H groups in total. The van der Waals surface area contributed by atoms with Crippen molar-refractivity contribution in [1.29, 1.82) is 0 Å². The predicted molar refractivity (Wildman–Crippen MR) is 138 cm³/mol. The smallest absolute Gasteiger partial charge is 0.333 e. The molecule has 2 heterocycles. The van der Waals surface area contributed by atoms with Crippen molar-refractivity contribution in [2.75, 3.05) is 18.5 Å². The minimum absolute atomic E-state index is 0.0192. The molecule has 0 spiro atoms. The molecule has 1 unspecified atom stereocenters. The topological polar surface area (TPSA) is 111 Å². The van der Waals surface area contributed by atoms with Gasteiger partial charge in [0.25, 0.3) is 5.85 Å². The fraction of sp³-hybridized carbons (Fsp3) is 0.481. The van der Waals surface area contributed by atoms with Gasteiger partial charge in [0.15, 0.2) is 9.84 Å². The molecule has 8 nitrogen and oxygen atoms in total. The summed E-state index contributed by atoms with van der Waals surface area (Å²) in [6.45, 7) is 4.13. The zero-order valence-corrected chi connectivity index (χ0v) is 22.9. The maximum absolute atomic E-state index is 15.3. The second kappa shape index (κ2) is 10.1. The van der Waals surface area contributed by atoms with E-state index in [1.54, 1.807) is 6.92 Å². The van der Waals surface area contributed by atoms with Gasteiger partial charge in [-0.3, -0.25) is 0 Å². The molecule has 2 aromatic carbocycles. The fourth-order valence-corrected chi connectivity index (χ4v) is 6.46. The van der Waals surface area contributed by atoms with Crippen LogP contribution in [0.3, 0.4) is 0 Å². The summed E-state index contributed by atoms with van der Waals surface area (Å²) >= 11 is 0. The van der Waals surface area contributed by atoms with Crippen LogP contribution in [-0.2, 0) is 20.5 Å². The Morgan fingerprint density at radius 2 is 1.90 bits per heavy atom. The van der Waals surface area contributed by atoms with Gasteiger partial charge in [-0.1, -0.05) is 12.1 Å². The van der Waals surface area contributed by atoms with Crippen LogP contribution in [0, 0.1) is 12.7 Å². The number of hydrogen-bond acceptors (Lipinski definition) is 8. The SMILES string of the molecule is Cc1nc(N[C@H](C)c2cccc(C(F)(F)C(C)(O)F)c2F)c2cc(O[C@H]3CCOC3)c(S(=O)(=O)C3CC3)cc2n1. The Bertz CT molecular complexity index is 1550. The van der Waals surface area contributed by atoms with Crippen molar-refractivity contribution in [1.82, 2.24) is 9.97 Å². The van der Waals surface area contributed by atoms with Crippen molar-refractivity contribution in [2.24, 2.45) is 0 Å². The molecule has 1 aliphatic heterocycles. The first-order valence-electron chi connectivity index (χ1n) is 12.9. The Morgan fingerprint density at radius 1 is 1.18 bits per heavy atom. The third-order valence-electron chi connectivity index (χ3n) is 7.08. The number of anilines is 1. The van der Waals surface area contributed by atoms with Gasteiger partial charge in [0, 0.05) is 24.3 Å². The maximum atomic E-state index is 15.3. The zero-order valence-electron chi connectivity index (χ0n) is 22.0. The van der Waals surface area contributed by atoms with E-state index in [0.29, 0.717) is 49.4 Å². The highest BCUT2D eigenvalue weighted by atomic mass is 32.2. The van der Waals surface area contributed by atoms with E-state index < -0.39 is 44.3 Å². The van der Waals surface area contributed by atoms with Crippen molar-refractivity contribution in [3.05, 3.63) is 53.1 Å². The molecule has 13 heteroatoms. The molecule has 216 valence electrons. The van der Waals surface area contributed by atoms with Crippen molar-refractivity contribution >= 4 is 26.6 Å². The summed E-state index contributed by atoms with van der Waals surface area (Å²) < 4.78 is 96.0. The summed E-state index contributed by atoms with van der Waals surface area (Å²) in [7, 11) is -3.68. The first-order chi connectivity index (χ1) is 18.7. The molecule has 1 aromatic heterocycles. The quantitative estimate of drug-likeness (QED) is 0.334. The number of aliphatic hydroxyl groups is 1. The molecule has 2 fully saturated rings.